The monoisotopic (exact) mass is 319 g/mol. The molecule has 3 rings (SSSR count). The van der Waals surface area contributed by atoms with Crippen LogP contribution in [0.5, 0.6) is 5.88 Å². The number of fused-ring (bicyclic) bond motifs is 1. The summed E-state index contributed by atoms with van der Waals surface area (Å²) in [6, 6.07) is 4.82. The van der Waals surface area contributed by atoms with E-state index in [0.717, 1.165) is 18.1 Å². The first-order valence-electron chi connectivity index (χ1n) is 7.39. The van der Waals surface area contributed by atoms with Gasteiger partial charge in [-0.05, 0) is 43.5 Å². The van der Waals surface area contributed by atoms with Crippen LogP contribution in [0, 0.1) is 11.6 Å². The van der Waals surface area contributed by atoms with Gasteiger partial charge in [-0.2, -0.15) is 0 Å². The lowest BCUT2D eigenvalue weighted by Crippen LogP contribution is -2.15. The highest BCUT2D eigenvalue weighted by Crippen LogP contribution is 2.35. The molecule has 1 aliphatic heterocycles. The molecule has 0 bridgehead atoms. The van der Waals surface area contributed by atoms with E-state index < -0.39 is 17.6 Å². The first-order valence-corrected chi connectivity index (χ1v) is 7.39. The highest BCUT2D eigenvalue weighted by Gasteiger charge is 2.23. The lowest BCUT2D eigenvalue weighted by Gasteiger charge is -2.20. The molecule has 0 atom stereocenters. The first kappa shape index (κ1) is 15.4. The number of nitrogens with zero attached hydrogens (tertiary/aromatic N) is 1. The largest absolute Gasteiger partial charge is 0.477 e. The second-order valence-electron chi connectivity index (χ2n) is 5.14. The SMILES string of the molecule is CCOC(=O)c1cc(-c2ccc(F)cc2F)c2c(n1)OCCC2. The number of esters is 1. The lowest BCUT2D eigenvalue weighted by atomic mass is 9.95. The maximum atomic E-state index is 14.2. The minimum Gasteiger partial charge on any atom is -0.477 e. The van der Waals surface area contributed by atoms with Crippen LogP contribution in [0.1, 0.15) is 29.4 Å². The van der Waals surface area contributed by atoms with E-state index in [4.69, 9.17) is 9.47 Å². The van der Waals surface area contributed by atoms with E-state index in [9.17, 15) is 13.6 Å². The van der Waals surface area contributed by atoms with Gasteiger partial charge in [-0.3, -0.25) is 0 Å². The van der Waals surface area contributed by atoms with Gasteiger partial charge in [0.2, 0.25) is 5.88 Å². The van der Waals surface area contributed by atoms with Crippen LogP contribution < -0.4 is 4.74 Å². The summed E-state index contributed by atoms with van der Waals surface area (Å²) in [4.78, 5) is 16.1. The number of hydrogen-bond acceptors (Lipinski definition) is 4. The zero-order valence-corrected chi connectivity index (χ0v) is 12.6. The Hall–Kier alpha value is -2.50. The van der Waals surface area contributed by atoms with Crippen molar-refractivity contribution in [3.05, 3.63) is 47.2 Å². The Morgan fingerprint density at radius 1 is 1.30 bits per heavy atom. The van der Waals surface area contributed by atoms with Crippen molar-refractivity contribution in [1.29, 1.82) is 0 Å². The van der Waals surface area contributed by atoms with Crippen LogP contribution in [-0.4, -0.2) is 24.2 Å². The van der Waals surface area contributed by atoms with Gasteiger partial charge in [0.15, 0.2) is 5.69 Å². The molecule has 2 aromatic rings. The highest BCUT2D eigenvalue weighted by molar-refractivity contribution is 5.90. The van der Waals surface area contributed by atoms with E-state index >= 15 is 0 Å². The molecule has 1 aromatic carbocycles. The standard InChI is InChI=1S/C17H15F2NO3/c1-2-22-17(21)15-9-13(11-6-5-10(18)8-14(11)19)12-4-3-7-23-16(12)20-15/h5-6,8-9H,2-4,7H2,1H3. The zero-order valence-electron chi connectivity index (χ0n) is 12.6. The predicted molar refractivity (Wildman–Crippen MR) is 79.4 cm³/mol. The van der Waals surface area contributed by atoms with E-state index in [2.05, 4.69) is 4.98 Å². The molecule has 0 fully saturated rings. The van der Waals surface area contributed by atoms with Crippen LogP contribution >= 0.6 is 0 Å². The summed E-state index contributed by atoms with van der Waals surface area (Å²) >= 11 is 0. The highest BCUT2D eigenvalue weighted by atomic mass is 19.1. The van der Waals surface area contributed by atoms with E-state index in [1.54, 1.807) is 6.92 Å². The topological polar surface area (TPSA) is 48.4 Å². The number of pyridine rings is 1. The van der Waals surface area contributed by atoms with Crippen LogP contribution in [0.4, 0.5) is 8.78 Å². The van der Waals surface area contributed by atoms with Crippen molar-refractivity contribution < 1.29 is 23.0 Å². The molecule has 0 saturated heterocycles. The lowest BCUT2D eigenvalue weighted by molar-refractivity contribution is 0.0518. The number of carbonyl (C=O) groups excluding carboxylic acids is 1. The summed E-state index contributed by atoms with van der Waals surface area (Å²) in [6.45, 7) is 2.38. The number of carbonyl (C=O) groups is 1. The molecule has 0 radical (unpaired) electrons. The molecule has 23 heavy (non-hydrogen) atoms. The Labute approximate surface area is 132 Å². The minimum atomic E-state index is -0.696. The van der Waals surface area contributed by atoms with Crippen molar-refractivity contribution in [3.63, 3.8) is 0 Å². The molecule has 0 N–H and O–H groups in total. The molecule has 0 amide bonds. The van der Waals surface area contributed by atoms with Crippen LogP contribution in [0.2, 0.25) is 0 Å². The molecule has 2 heterocycles. The van der Waals surface area contributed by atoms with Gasteiger partial charge in [0.1, 0.15) is 11.6 Å². The summed E-state index contributed by atoms with van der Waals surface area (Å²) in [6.07, 6.45) is 1.42. The Balaban J connectivity index is 2.17. The van der Waals surface area contributed by atoms with Gasteiger partial charge in [-0.1, -0.05) is 0 Å². The Bertz CT molecular complexity index is 762. The van der Waals surface area contributed by atoms with Gasteiger partial charge in [-0.15, -0.1) is 0 Å². The van der Waals surface area contributed by atoms with E-state index in [0.29, 0.717) is 24.5 Å². The van der Waals surface area contributed by atoms with Gasteiger partial charge in [0.05, 0.1) is 13.2 Å². The summed E-state index contributed by atoms with van der Waals surface area (Å²) in [7, 11) is 0. The predicted octanol–water partition coefficient (Wildman–Crippen LogP) is 3.53. The smallest absolute Gasteiger partial charge is 0.357 e. The van der Waals surface area contributed by atoms with Crippen LogP contribution in [0.3, 0.4) is 0 Å². The van der Waals surface area contributed by atoms with Gasteiger partial charge in [0.25, 0.3) is 0 Å². The van der Waals surface area contributed by atoms with E-state index in [1.807, 2.05) is 0 Å². The molecule has 1 aromatic heterocycles. The van der Waals surface area contributed by atoms with Crippen molar-refractivity contribution in [3.8, 4) is 17.0 Å². The number of benzene rings is 1. The van der Waals surface area contributed by atoms with E-state index in [1.165, 1.54) is 18.2 Å². The second kappa shape index (κ2) is 6.32. The van der Waals surface area contributed by atoms with Crippen LogP contribution in [0.25, 0.3) is 11.1 Å². The Morgan fingerprint density at radius 2 is 2.13 bits per heavy atom. The van der Waals surface area contributed by atoms with Gasteiger partial charge >= 0.3 is 5.97 Å². The number of rotatable bonds is 3. The normalized spacial score (nSPS) is 13.2. The summed E-state index contributed by atoms with van der Waals surface area (Å²) < 4.78 is 37.8. The van der Waals surface area contributed by atoms with Crippen LogP contribution in [-0.2, 0) is 11.2 Å². The Kier molecular flexibility index (Phi) is 4.23. The zero-order chi connectivity index (χ0) is 16.4. The summed E-state index contributed by atoms with van der Waals surface area (Å²) in [5.74, 6) is -1.65. The average molecular weight is 319 g/mol. The summed E-state index contributed by atoms with van der Waals surface area (Å²) in [5, 5.41) is 0. The molecular formula is C17H15F2NO3. The third-order valence-corrected chi connectivity index (χ3v) is 3.60. The Morgan fingerprint density at radius 3 is 2.87 bits per heavy atom. The van der Waals surface area contributed by atoms with E-state index in [-0.39, 0.29) is 17.9 Å². The summed E-state index contributed by atoms with van der Waals surface area (Å²) in [5.41, 5.74) is 1.46. The first-order chi connectivity index (χ1) is 11.1. The van der Waals surface area contributed by atoms with Crippen LogP contribution in [0.15, 0.2) is 24.3 Å². The number of halogens is 2. The van der Waals surface area contributed by atoms with Crippen molar-refractivity contribution in [2.24, 2.45) is 0 Å². The van der Waals surface area contributed by atoms with Gasteiger partial charge in [-0.25, -0.2) is 18.6 Å². The molecule has 6 heteroatoms. The maximum absolute atomic E-state index is 14.2. The third kappa shape index (κ3) is 3.02. The number of aromatic nitrogens is 1. The minimum absolute atomic E-state index is 0.0474. The number of ether oxygens (including phenoxy) is 2. The fourth-order valence-electron chi connectivity index (χ4n) is 2.58. The second-order valence-corrected chi connectivity index (χ2v) is 5.14. The molecule has 4 nitrogen and oxygen atoms in total. The molecular weight excluding hydrogens is 304 g/mol. The quantitative estimate of drug-likeness (QED) is 0.812. The van der Waals surface area contributed by atoms with Gasteiger partial charge in [0, 0.05) is 17.2 Å². The van der Waals surface area contributed by atoms with Crippen molar-refractivity contribution >= 4 is 5.97 Å². The molecule has 0 aliphatic carbocycles. The fraction of sp³-hybridized carbons (Fsp3) is 0.294. The fourth-order valence-corrected chi connectivity index (χ4v) is 2.58. The maximum Gasteiger partial charge on any atom is 0.357 e. The molecule has 120 valence electrons. The number of hydrogen-bond donors (Lipinski definition) is 0. The third-order valence-electron chi connectivity index (χ3n) is 3.60. The van der Waals surface area contributed by atoms with Crippen molar-refractivity contribution in [2.75, 3.05) is 13.2 Å². The van der Waals surface area contributed by atoms with Crippen molar-refractivity contribution in [1.82, 2.24) is 4.98 Å². The molecule has 0 saturated carbocycles. The van der Waals surface area contributed by atoms with Gasteiger partial charge < -0.3 is 9.47 Å². The average Bonchev–Trinajstić information content (AvgIpc) is 2.54. The molecule has 0 spiro atoms. The molecule has 1 aliphatic rings. The molecule has 0 unspecified atom stereocenters. The van der Waals surface area contributed by atoms with Crippen molar-refractivity contribution in [2.45, 2.75) is 19.8 Å².